The Bertz CT molecular complexity index is 2870. The van der Waals surface area contributed by atoms with Crippen LogP contribution < -0.4 is 15.0 Å². The van der Waals surface area contributed by atoms with Crippen molar-refractivity contribution in [2.75, 3.05) is 64.2 Å². The number of carbonyl (C=O) groups excluding carboxylic acids is 4. The predicted octanol–water partition coefficient (Wildman–Crippen LogP) is 7.60. The van der Waals surface area contributed by atoms with Crippen molar-refractivity contribution in [2.45, 2.75) is 135 Å². The third-order valence-electron chi connectivity index (χ3n) is 14.9. The molecule has 4 aliphatic heterocycles. The fourth-order valence-corrected chi connectivity index (χ4v) is 10.9. The quantitative estimate of drug-likeness (QED) is 0.0362. The van der Waals surface area contributed by atoms with Crippen LogP contribution in [-0.2, 0) is 65.6 Å². The van der Waals surface area contributed by atoms with E-state index in [1.165, 1.54) is 17.7 Å². The van der Waals surface area contributed by atoms with Gasteiger partial charge in [0.05, 0.1) is 50.0 Å². The number of allylic oxidation sites excluding steroid dienone is 4. The standard InChI is InChI=1S/C56H72N4O13S/c1-36-17-19-44-42(34-36)54(5,6)47(59(44)27-29-70-31-33-71-32-30-69-28-25-57-53(65)56(9)24-23-41-39(4)51(64)37(2)38(3)52(41)72-56)15-13-14-46-55(7,8)43-35-40(74(66,67)68)18-20-45(43)58(46)26-12-10-11-16-50(63)73-60-48(61)21-22-49(60)62/h13-15,17-20,34-35H,10-12,16,21-33H2,1-9H3,(H2-,57,64,65,66,67,68)/p+1. The Hall–Kier alpha value is -5.92. The average Bonchev–Trinajstić information content (AvgIpc) is 3.86. The summed E-state index contributed by atoms with van der Waals surface area (Å²) in [5.74, 6) is -0.923. The van der Waals surface area contributed by atoms with Gasteiger partial charge in [-0.25, -0.2) is 4.79 Å². The minimum Gasteiger partial charge on any atom is -0.507 e. The van der Waals surface area contributed by atoms with Crippen LogP contribution in [0.1, 0.15) is 119 Å². The van der Waals surface area contributed by atoms with Crippen molar-refractivity contribution < 1.29 is 65.6 Å². The van der Waals surface area contributed by atoms with E-state index in [9.17, 15) is 37.3 Å². The van der Waals surface area contributed by atoms with Gasteiger partial charge in [-0.05, 0) is 114 Å². The SMILES string of the molecule is Cc1ccc2c(c1)C(C)(C)C(=CC=CC1=[N+](CCCCCC(=O)ON3C(=O)CCC3=O)c3ccc(S(=O)(=O)O)cc3C1(C)C)N2CCOCCOCCOCCNC(=O)C1(C)CCc2c(C)c(O)c(C)c(C)c2O1. The molecule has 0 spiro atoms. The summed E-state index contributed by atoms with van der Waals surface area (Å²) in [5, 5.41) is 14.0. The number of ether oxygens (including phenoxy) is 4. The number of aryl methyl sites for hydroxylation is 1. The highest BCUT2D eigenvalue weighted by Crippen LogP contribution is 2.48. The van der Waals surface area contributed by atoms with E-state index in [2.05, 4.69) is 65.9 Å². The second kappa shape index (κ2) is 22.9. The lowest BCUT2D eigenvalue weighted by Gasteiger charge is -2.36. The summed E-state index contributed by atoms with van der Waals surface area (Å²) < 4.78 is 60.6. The summed E-state index contributed by atoms with van der Waals surface area (Å²) in [6.07, 6.45) is 9.22. The van der Waals surface area contributed by atoms with E-state index in [0.717, 1.165) is 56.2 Å². The Labute approximate surface area is 435 Å². The third kappa shape index (κ3) is 11.9. The van der Waals surface area contributed by atoms with Crippen LogP contribution in [0.2, 0.25) is 0 Å². The van der Waals surface area contributed by atoms with Gasteiger partial charge < -0.3 is 39.1 Å². The molecule has 3 amide bonds. The van der Waals surface area contributed by atoms with Crippen molar-refractivity contribution in [3.05, 3.63) is 99.3 Å². The normalized spacial score (nSPS) is 19.4. The Morgan fingerprint density at radius 2 is 1.49 bits per heavy atom. The fraction of sp³-hybridized carbons (Fsp3) is 0.518. The molecule has 3 aromatic carbocycles. The van der Waals surface area contributed by atoms with Crippen LogP contribution in [0.15, 0.2) is 65.2 Å². The topological polar surface area (TPSA) is 211 Å². The zero-order valence-electron chi connectivity index (χ0n) is 44.4. The summed E-state index contributed by atoms with van der Waals surface area (Å²) >= 11 is 0. The first-order chi connectivity index (χ1) is 35.0. The van der Waals surface area contributed by atoms with E-state index < -0.39 is 38.9 Å². The number of fused-ring (bicyclic) bond motifs is 3. The van der Waals surface area contributed by atoms with E-state index >= 15 is 0 Å². The highest BCUT2D eigenvalue weighted by molar-refractivity contribution is 7.85. The Balaban J connectivity index is 0.913. The van der Waals surface area contributed by atoms with E-state index in [1.807, 2.05) is 40.7 Å². The molecule has 4 aliphatic rings. The number of rotatable bonds is 23. The van der Waals surface area contributed by atoms with Crippen LogP contribution in [0, 0.1) is 27.7 Å². The van der Waals surface area contributed by atoms with E-state index in [4.69, 9.17) is 23.8 Å². The van der Waals surface area contributed by atoms with E-state index in [-0.39, 0.29) is 41.2 Å². The number of imide groups is 1. The summed E-state index contributed by atoms with van der Waals surface area (Å²) in [5.41, 5.74) is 8.34. The van der Waals surface area contributed by atoms with Gasteiger partial charge in [0.1, 0.15) is 18.0 Å². The summed E-state index contributed by atoms with van der Waals surface area (Å²) in [6, 6.07) is 11.1. The molecule has 3 N–H and O–H groups in total. The van der Waals surface area contributed by atoms with Gasteiger partial charge in [0.2, 0.25) is 5.69 Å². The number of anilines is 1. The summed E-state index contributed by atoms with van der Waals surface area (Å²) in [7, 11) is -4.46. The summed E-state index contributed by atoms with van der Waals surface area (Å²) in [4.78, 5) is 56.6. The smallest absolute Gasteiger partial charge is 0.333 e. The number of aromatic hydroxyl groups is 1. The van der Waals surface area contributed by atoms with Gasteiger partial charge in [0.15, 0.2) is 11.3 Å². The fourth-order valence-electron chi connectivity index (χ4n) is 10.4. The minimum absolute atomic E-state index is 0.0285. The van der Waals surface area contributed by atoms with Crippen LogP contribution in [-0.4, -0.2) is 122 Å². The van der Waals surface area contributed by atoms with E-state index in [0.29, 0.717) is 102 Å². The van der Waals surface area contributed by atoms with Crippen LogP contribution in [0.5, 0.6) is 11.5 Å². The van der Waals surface area contributed by atoms with Crippen molar-refractivity contribution in [1.82, 2.24) is 10.4 Å². The molecule has 0 aromatic heterocycles. The molecular weight excluding hydrogens is 969 g/mol. The maximum Gasteiger partial charge on any atom is 0.333 e. The number of benzene rings is 3. The molecule has 3 aromatic rings. The molecule has 1 unspecified atom stereocenters. The largest absolute Gasteiger partial charge is 0.507 e. The van der Waals surface area contributed by atoms with Crippen molar-refractivity contribution in [2.24, 2.45) is 0 Å². The van der Waals surface area contributed by atoms with Crippen molar-refractivity contribution in [3.63, 3.8) is 0 Å². The van der Waals surface area contributed by atoms with Crippen LogP contribution in [0.3, 0.4) is 0 Å². The molecule has 7 rings (SSSR count). The second-order valence-corrected chi connectivity index (χ2v) is 22.3. The van der Waals surface area contributed by atoms with Crippen molar-refractivity contribution in [3.8, 4) is 11.5 Å². The molecular formula is C56H73N4O13S+. The second-order valence-electron chi connectivity index (χ2n) is 20.8. The highest BCUT2D eigenvalue weighted by Gasteiger charge is 2.46. The molecule has 400 valence electrons. The number of amides is 3. The molecule has 18 heteroatoms. The van der Waals surface area contributed by atoms with Gasteiger partial charge in [0, 0.05) is 85.3 Å². The molecule has 0 bridgehead atoms. The Kier molecular flexibility index (Phi) is 17.3. The molecule has 0 saturated carbocycles. The number of carbonyl (C=O) groups is 4. The number of unbranched alkanes of at least 4 members (excludes halogenated alkanes) is 2. The average molecular weight is 1040 g/mol. The molecule has 4 heterocycles. The molecule has 74 heavy (non-hydrogen) atoms. The monoisotopic (exact) mass is 1040 g/mol. The molecule has 0 aliphatic carbocycles. The van der Waals surface area contributed by atoms with Crippen LogP contribution >= 0.6 is 0 Å². The van der Waals surface area contributed by atoms with Gasteiger partial charge in [-0.3, -0.25) is 18.9 Å². The number of hydrogen-bond donors (Lipinski definition) is 3. The first kappa shape index (κ1) is 55.8. The molecule has 17 nitrogen and oxygen atoms in total. The number of phenols is 1. The summed E-state index contributed by atoms with van der Waals surface area (Å²) in [6.45, 7) is 21.7. The van der Waals surface area contributed by atoms with Gasteiger partial charge in [-0.15, -0.1) is 5.06 Å². The predicted molar refractivity (Wildman–Crippen MR) is 279 cm³/mol. The molecule has 1 atom stereocenters. The maximum absolute atomic E-state index is 13.2. The Morgan fingerprint density at radius 1 is 0.811 bits per heavy atom. The lowest BCUT2D eigenvalue weighted by Crippen LogP contribution is -2.51. The van der Waals surface area contributed by atoms with Gasteiger partial charge in [-0.1, -0.05) is 37.6 Å². The van der Waals surface area contributed by atoms with Crippen molar-refractivity contribution in [1.29, 1.82) is 0 Å². The Morgan fingerprint density at radius 3 is 2.18 bits per heavy atom. The lowest BCUT2D eigenvalue weighted by atomic mass is 9.81. The number of phenolic OH excluding ortho intramolecular Hbond substituents is 1. The van der Waals surface area contributed by atoms with Gasteiger partial charge >= 0.3 is 5.97 Å². The first-order valence-electron chi connectivity index (χ1n) is 25.6. The first-order valence-corrected chi connectivity index (χ1v) is 27.0. The number of hydrogen-bond acceptors (Lipinski definition) is 13. The zero-order valence-corrected chi connectivity index (χ0v) is 45.2. The minimum atomic E-state index is -4.46. The van der Waals surface area contributed by atoms with Gasteiger partial charge in [-0.2, -0.15) is 13.0 Å². The third-order valence-corrected chi connectivity index (χ3v) is 15.8. The van der Waals surface area contributed by atoms with Crippen LogP contribution in [0.4, 0.5) is 11.4 Å². The number of nitrogens with zero attached hydrogens (tertiary/aromatic N) is 3. The van der Waals surface area contributed by atoms with Gasteiger partial charge in [0.25, 0.3) is 27.8 Å². The number of hydroxylamine groups is 2. The molecule has 1 fully saturated rings. The number of nitrogens with one attached hydrogen (secondary N) is 1. The molecule has 0 radical (unpaired) electrons. The zero-order chi connectivity index (χ0) is 53.8. The lowest BCUT2D eigenvalue weighted by molar-refractivity contribution is -0.438. The van der Waals surface area contributed by atoms with Crippen LogP contribution in [0.25, 0.3) is 0 Å². The van der Waals surface area contributed by atoms with E-state index in [1.54, 1.807) is 13.0 Å². The maximum atomic E-state index is 13.2. The van der Waals surface area contributed by atoms with Crippen molar-refractivity contribution >= 4 is 50.9 Å². The molecule has 1 saturated heterocycles. The highest BCUT2D eigenvalue weighted by atomic mass is 32.2.